The summed E-state index contributed by atoms with van der Waals surface area (Å²) in [5.74, 6) is 0.423. The monoisotopic (exact) mass is 220 g/mol. The molecule has 0 spiro atoms. The Kier molecular flexibility index (Phi) is 2.72. The molecule has 0 heterocycles. The van der Waals surface area contributed by atoms with Crippen molar-refractivity contribution >= 4 is 5.78 Å². The molecule has 0 atom stereocenters. The normalized spacial score (nSPS) is 15.9. The summed E-state index contributed by atoms with van der Waals surface area (Å²) in [6.45, 7) is 2.98. The number of Topliss-reactive ketones (excluding diaryl/α,β-unsaturated/α-hetero) is 1. The van der Waals surface area contributed by atoms with Gasteiger partial charge in [0, 0.05) is 5.56 Å². The second kappa shape index (κ2) is 3.91. The first-order chi connectivity index (χ1) is 7.47. The molecular formula is C13H16O3. The zero-order valence-electron chi connectivity index (χ0n) is 9.56. The predicted octanol–water partition coefficient (Wildman–Crippen LogP) is 2.18. The molecule has 1 aromatic carbocycles. The van der Waals surface area contributed by atoms with Gasteiger partial charge in [0.25, 0.3) is 0 Å². The quantitative estimate of drug-likeness (QED) is 0.791. The summed E-state index contributed by atoms with van der Waals surface area (Å²) in [6.07, 6.45) is 2.49. The Morgan fingerprint density at radius 1 is 1.44 bits per heavy atom. The number of rotatable bonds is 4. The van der Waals surface area contributed by atoms with Crippen molar-refractivity contribution in [2.24, 2.45) is 0 Å². The molecule has 2 rings (SSSR count). The van der Waals surface area contributed by atoms with Crippen molar-refractivity contribution in [3.8, 4) is 5.75 Å². The molecule has 1 aliphatic rings. The van der Waals surface area contributed by atoms with Crippen LogP contribution in [-0.2, 0) is 0 Å². The molecule has 1 aromatic rings. The van der Waals surface area contributed by atoms with Crippen molar-refractivity contribution < 1.29 is 14.6 Å². The predicted molar refractivity (Wildman–Crippen MR) is 60.7 cm³/mol. The highest BCUT2D eigenvalue weighted by molar-refractivity contribution is 6.01. The summed E-state index contributed by atoms with van der Waals surface area (Å²) in [5.41, 5.74) is -0.844. The lowest BCUT2D eigenvalue weighted by molar-refractivity contribution is 0.0487. The fourth-order valence-electron chi connectivity index (χ4n) is 1.44. The van der Waals surface area contributed by atoms with Crippen molar-refractivity contribution in [2.75, 3.05) is 0 Å². The lowest BCUT2D eigenvalue weighted by Crippen LogP contribution is -2.31. The van der Waals surface area contributed by atoms with Gasteiger partial charge in [0.15, 0.2) is 5.78 Å². The van der Waals surface area contributed by atoms with Crippen molar-refractivity contribution in [1.29, 1.82) is 0 Å². The first-order valence-corrected chi connectivity index (χ1v) is 5.51. The van der Waals surface area contributed by atoms with Crippen LogP contribution in [0.15, 0.2) is 24.3 Å². The summed E-state index contributed by atoms with van der Waals surface area (Å²) in [6, 6.07) is 6.99. The number of hydrogen-bond acceptors (Lipinski definition) is 3. The Balaban J connectivity index is 2.17. The molecule has 0 amide bonds. The molecule has 86 valence electrons. The third-order valence-corrected chi connectivity index (χ3v) is 2.48. The van der Waals surface area contributed by atoms with Crippen molar-refractivity contribution in [3.63, 3.8) is 0 Å². The fraction of sp³-hybridized carbons (Fsp3) is 0.462. The number of hydrogen-bond donors (Lipinski definition) is 1. The first kappa shape index (κ1) is 11.1. The zero-order chi connectivity index (χ0) is 11.8. The van der Waals surface area contributed by atoms with E-state index in [4.69, 9.17) is 4.74 Å². The van der Waals surface area contributed by atoms with Crippen LogP contribution in [0.2, 0.25) is 0 Å². The Hall–Kier alpha value is -1.35. The SMILES string of the molecule is CC(C)(O)C(=O)c1cccc(OC2CC2)c1. The minimum Gasteiger partial charge on any atom is -0.490 e. The van der Waals surface area contributed by atoms with Gasteiger partial charge in [-0.05, 0) is 38.8 Å². The standard InChI is InChI=1S/C13H16O3/c1-13(2,15)12(14)9-4-3-5-11(8-9)16-10-6-7-10/h3-5,8,10,15H,6-7H2,1-2H3. The molecule has 0 radical (unpaired) electrons. The van der Waals surface area contributed by atoms with E-state index in [9.17, 15) is 9.90 Å². The fourth-order valence-corrected chi connectivity index (χ4v) is 1.44. The third-order valence-electron chi connectivity index (χ3n) is 2.48. The van der Waals surface area contributed by atoms with E-state index in [1.54, 1.807) is 18.2 Å². The molecule has 0 aromatic heterocycles. The number of aliphatic hydroxyl groups is 1. The summed E-state index contributed by atoms with van der Waals surface area (Å²) >= 11 is 0. The second-order valence-electron chi connectivity index (χ2n) is 4.73. The number of carbonyl (C=O) groups excluding carboxylic acids is 1. The summed E-state index contributed by atoms with van der Waals surface area (Å²) in [7, 11) is 0. The van der Waals surface area contributed by atoms with E-state index in [0.717, 1.165) is 12.8 Å². The van der Waals surface area contributed by atoms with Crippen molar-refractivity contribution in [2.45, 2.75) is 38.4 Å². The molecule has 0 unspecified atom stereocenters. The van der Waals surface area contributed by atoms with E-state index in [-0.39, 0.29) is 5.78 Å². The molecular weight excluding hydrogens is 204 g/mol. The average molecular weight is 220 g/mol. The van der Waals surface area contributed by atoms with Gasteiger partial charge in [0.05, 0.1) is 6.10 Å². The molecule has 1 saturated carbocycles. The molecule has 0 aliphatic heterocycles. The highest BCUT2D eigenvalue weighted by atomic mass is 16.5. The molecule has 3 heteroatoms. The molecule has 1 aliphatic carbocycles. The van der Waals surface area contributed by atoms with Crippen LogP contribution in [0.4, 0.5) is 0 Å². The molecule has 0 bridgehead atoms. The maximum atomic E-state index is 11.8. The van der Waals surface area contributed by atoms with Crippen LogP contribution in [0.25, 0.3) is 0 Å². The lowest BCUT2D eigenvalue weighted by atomic mass is 9.97. The molecule has 1 fully saturated rings. The van der Waals surface area contributed by atoms with Gasteiger partial charge in [0.2, 0.25) is 0 Å². The van der Waals surface area contributed by atoms with Gasteiger partial charge in [0.1, 0.15) is 11.4 Å². The van der Waals surface area contributed by atoms with Gasteiger partial charge in [-0.1, -0.05) is 12.1 Å². The largest absolute Gasteiger partial charge is 0.490 e. The first-order valence-electron chi connectivity index (χ1n) is 5.51. The Labute approximate surface area is 95.0 Å². The Morgan fingerprint density at radius 3 is 2.69 bits per heavy atom. The van der Waals surface area contributed by atoms with Gasteiger partial charge in [-0.15, -0.1) is 0 Å². The second-order valence-corrected chi connectivity index (χ2v) is 4.73. The zero-order valence-corrected chi connectivity index (χ0v) is 9.56. The van der Waals surface area contributed by atoms with Gasteiger partial charge in [-0.3, -0.25) is 4.79 Å². The highest BCUT2D eigenvalue weighted by Gasteiger charge is 2.27. The molecule has 16 heavy (non-hydrogen) atoms. The van der Waals surface area contributed by atoms with E-state index in [1.807, 2.05) is 6.07 Å². The number of carbonyl (C=O) groups is 1. The smallest absolute Gasteiger partial charge is 0.193 e. The van der Waals surface area contributed by atoms with Crippen LogP contribution in [0.3, 0.4) is 0 Å². The molecule has 3 nitrogen and oxygen atoms in total. The lowest BCUT2D eigenvalue weighted by Gasteiger charge is -2.16. The Bertz CT molecular complexity index is 400. The maximum absolute atomic E-state index is 11.8. The minimum atomic E-state index is -1.34. The van der Waals surface area contributed by atoms with E-state index in [1.165, 1.54) is 13.8 Å². The van der Waals surface area contributed by atoms with Gasteiger partial charge in [-0.2, -0.15) is 0 Å². The van der Waals surface area contributed by atoms with E-state index >= 15 is 0 Å². The van der Waals surface area contributed by atoms with Gasteiger partial charge >= 0.3 is 0 Å². The number of ketones is 1. The van der Waals surface area contributed by atoms with Crippen LogP contribution in [-0.4, -0.2) is 22.6 Å². The summed E-state index contributed by atoms with van der Waals surface area (Å²) < 4.78 is 5.59. The molecule has 0 saturated heterocycles. The van der Waals surface area contributed by atoms with E-state index in [2.05, 4.69) is 0 Å². The summed E-state index contributed by atoms with van der Waals surface area (Å²) in [5, 5.41) is 9.63. The number of benzene rings is 1. The average Bonchev–Trinajstić information content (AvgIpc) is 2.99. The van der Waals surface area contributed by atoms with E-state index < -0.39 is 5.60 Å². The van der Waals surface area contributed by atoms with E-state index in [0.29, 0.717) is 17.4 Å². The van der Waals surface area contributed by atoms with Crippen LogP contribution in [0.1, 0.15) is 37.0 Å². The van der Waals surface area contributed by atoms with Crippen molar-refractivity contribution in [1.82, 2.24) is 0 Å². The van der Waals surface area contributed by atoms with Gasteiger partial charge in [-0.25, -0.2) is 0 Å². The van der Waals surface area contributed by atoms with Gasteiger partial charge < -0.3 is 9.84 Å². The van der Waals surface area contributed by atoms with Crippen molar-refractivity contribution in [3.05, 3.63) is 29.8 Å². The Morgan fingerprint density at radius 2 is 2.12 bits per heavy atom. The maximum Gasteiger partial charge on any atom is 0.193 e. The van der Waals surface area contributed by atoms with Crippen LogP contribution >= 0.6 is 0 Å². The van der Waals surface area contributed by atoms with Crippen LogP contribution in [0, 0.1) is 0 Å². The highest BCUT2D eigenvalue weighted by Crippen LogP contribution is 2.27. The molecule has 1 N–H and O–H groups in total. The number of ether oxygens (including phenoxy) is 1. The van der Waals surface area contributed by atoms with Crippen LogP contribution < -0.4 is 4.74 Å². The van der Waals surface area contributed by atoms with Crippen LogP contribution in [0.5, 0.6) is 5.75 Å². The summed E-state index contributed by atoms with van der Waals surface area (Å²) in [4.78, 5) is 11.8. The minimum absolute atomic E-state index is 0.284. The topological polar surface area (TPSA) is 46.5 Å². The third kappa shape index (κ3) is 2.61.